The van der Waals surface area contributed by atoms with Crippen LogP contribution in [0.3, 0.4) is 0 Å². The van der Waals surface area contributed by atoms with Gasteiger partial charge in [-0.1, -0.05) is 12.8 Å². The molecule has 0 spiro atoms. The van der Waals surface area contributed by atoms with Crippen molar-refractivity contribution in [2.24, 2.45) is 5.41 Å². The topological polar surface area (TPSA) is 62.1 Å². The average molecular weight is 252 g/mol. The summed E-state index contributed by atoms with van der Waals surface area (Å²) in [7, 11) is 0. The summed E-state index contributed by atoms with van der Waals surface area (Å²) in [5.41, 5.74) is -0.742. The first-order chi connectivity index (χ1) is 8.60. The van der Waals surface area contributed by atoms with E-state index in [1.807, 2.05) is 13.8 Å². The molecule has 102 valence electrons. The molecule has 4 nitrogen and oxygen atoms in total. The van der Waals surface area contributed by atoms with Gasteiger partial charge in [-0.15, -0.1) is 0 Å². The maximum Gasteiger partial charge on any atom is 0.240 e. The molecule has 1 fully saturated rings. The van der Waals surface area contributed by atoms with Crippen LogP contribution in [-0.2, 0) is 9.53 Å². The van der Waals surface area contributed by atoms with Gasteiger partial charge in [0, 0.05) is 13.2 Å². The number of amides is 1. The molecule has 1 amide bonds. The van der Waals surface area contributed by atoms with Gasteiger partial charge in [-0.2, -0.15) is 5.26 Å². The predicted octanol–water partition coefficient (Wildman–Crippen LogP) is 2.39. The van der Waals surface area contributed by atoms with Crippen LogP contribution in [0.2, 0.25) is 0 Å². The Morgan fingerprint density at radius 3 is 2.61 bits per heavy atom. The van der Waals surface area contributed by atoms with Crippen LogP contribution < -0.4 is 5.32 Å². The molecule has 1 aliphatic carbocycles. The normalized spacial score (nSPS) is 17.7. The SMILES string of the molecule is CC(C)OCCCCNC(=O)C1(C#N)CCCC1. The van der Waals surface area contributed by atoms with Crippen LogP contribution in [0.5, 0.6) is 0 Å². The minimum absolute atomic E-state index is 0.0766. The molecule has 0 heterocycles. The second-order valence-corrected chi connectivity index (χ2v) is 5.28. The van der Waals surface area contributed by atoms with E-state index in [2.05, 4.69) is 11.4 Å². The van der Waals surface area contributed by atoms with Crippen molar-refractivity contribution in [2.45, 2.75) is 58.5 Å². The Morgan fingerprint density at radius 2 is 2.06 bits per heavy atom. The molecule has 1 N–H and O–H groups in total. The second-order valence-electron chi connectivity index (χ2n) is 5.28. The lowest BCUT2D eigenvalue weighted by Gasteiger charge is -2.19. The largest absolute Gasteiger partial charge is 0.379 e. The third kappa shape index (κ3) is 4.30. The lowest BCUT2D eigenvalue weighted by Crippen LogP contribution is -2.38. The van der Waals surface area contributed by atoms with E-state index in [-0.39, 0.29) is 12.0 Å². The van der Waals surface area contributed by atoms with E-state index in [1.54, 1.807) is 0 Å². The van der Waals surface area contributed by atoms with Gasteiger partial charge in [0.2, 0.25) is 5.91 Å². The molecular formula is C14H24N2O2. The quantitative estimate of drug-likeness (QED) is 0.708. The number of carbonyl (C=O) groups excluding carboxylic acids is 1. The van der Waals surface area contributed by atoms with Crippen LogP contribution in [0.4, 0.5) is 0 Å². The van der Waals surface area contributed by atoms with Crippen molar-refractivity contribution in [3.8, 4) is 6.07 Å². The number of carbonyl (C=O) groups is 1. The van der Waals surface area contributed by atoms with Crippen molar-refractivity contribution in [1.29, 1.82) is 5.26 Å². The van der Waals surface area contributed by atoms with E-state index in [0.717, 1.165) is 32.3 Å². The highest BCUT2D eigenvalue weighted by Crippen LogP contribution is 2.37. The maximum absolute atomic E-state index is 12.0. The molecule has 1 saturated carbocycles. The zero-order valence-corrected chi connectivity index (χ0v) is 11.5. The first-order valence-corrected chi connectivity index (χ1v) is 6.92. The highest BCUT2D eigenvalue weighted by molar-refractivity contribution is 5.85. The molecule has 18 heavy (non-hydrogen) atoms. The minimum atomic E-state index is -0.742. The van der Waals surface area contributed by atoms with Gasteiger partial charge in [-0.25, -0.2) is 0 Å². The lowest BCUT2D eigenvalue weighted by atomic mass is 9.87. The number of nitrogens with zero attached hydrogens (tertiary/aromatic N) is 1. The molecule has 1 rings (SSSR count). The van der Waals surface area contributed by atoms with Gasteiger partial charge < -0.3 is 10.1 Å². The van der Waals surface area contributed by atoms with Crippen molar-refractivity contribution >= 4 is 5.91 Å². The summed E-state index contributed by atoms with van der Waals surface area (Å²) in [5, 5.41) is 12.0. The van der Waals surface area contributed by atoms with Crippen molar-refractivity contribution in [3.63, 3.8) is 0 Å². The number of rotatable bonds is 7. The number of hydrogen-bond donors (Lipinski definition) is 1. The Kier molecular flexibility index (Phi) is 6.14. The minimum Gasteiger partial charge on any atom is -0.379 e. The van der Waals surface area contributed by atoms with Crippen molar-refractivity contribution in [3.05, 3.63) is 0 Å². The summed E-state index contributed by atoms with van der Waals surface area (Å²) in [6.07, 6.45) is 5.52. The Morgan fingerprint density at radius 1 is 1.39 bits per heavy atom. The molecule has 0 aromatic carbocycles. The highest BCUT2D eigenvalue weighted by atomic mass is 16.5. The molecule has 0 radical (unpaired) electrons. The van der Waals surface area contributed by atoms with Gasteiger partial charge in [0.15, 0.2) is 0 Å². The zero-order valence-electron chi connectivity index (χ0n) is 11.5. The predicted molar refractivity (Wildman–Crippen MR) is 69.8 cm³/mol. The lowest BCUT2D eigenvalue weighted by molar-refractivity contribution is -0.127. The monoisotopic (exact) mass is 252 g/mol. The fourth-order valence-electron chi connectivity index (χ4n) is 2.29. The molecule has 0 aliphatic heterocycles. The van der Waals surface area contributed by atoms with E-state index in [1.165, 1.54) is 0 Å². The third-order valence-corrected chi connectivity index (χ3v) is 3.41. The van der Waals surface area contributed by atoms with Crippen LogP contribution in [0, 0.1) is 16.7 Å². The van der Waals surface area contributed by atoms with Gasteiger partial charge in [-0.05, 0) is 39.5 Å². The number of nitrogens with one attached hydrogen (secondary N) is 1. The third-order valence-electron chi connectivity index (χ3n) is 3.41. The molecule has 0 unspecified atom stereocenters. The van der Waals surface area contributed by atoms with Crippen LogP contribution in [0.15, 0.2) is 0 Å². The standard InChI is InChI=1S/C14H24N2O2/c1-12(2)18-10-6-5-9-16-13(17)14(11-15)7-3-4-8-14/h12H,3-10H2,1-2H3,(H,16,17). The van der Waals surface area contributed by atoms with Crippen LogP contribution in [0.1, 0.15) is 52.4 Å². The molecular weight excluding hydrogens is 228 g/mol. The van der Waals surface area contributed by atoms with E-state index in [0.29, 0.717) is 19.4 Å². The van der Waals surface area contributed by atoms with E-state index in [4.69, 9.17) is 10.00 Å². The summed E-state index contributed by atoms with van der Waals surface area (Å²) < 4.78 is 5.42. The number of nitriles is 1. The van der Waals surface area contributed by atoms with E-state index >= 15 is 0 Å². The summed E-state index contributed by atoms with van der Waals surface area (Å²) in [5.74, 6) is -0.0766. The summed E-state index contributed by atoms with van der Waals surface area (Å²) in [4.78, 5) is 12.0. The fraction of sp³-hybridized carbons (Fsp3) is 0.857. The molecule has 4 heteroatoms. The second kappa shape index (κ2) is 7.38. The Hall–Kier alpha value is -1.08. The molecule has 0 atom stereocenters. The number of hydrogen-bond acceptors (Lipinski definition) is 3. The first-order valence-electron chi connectivity index (χ1n) is 6.92. The van der Waals surface area contributed by atoms with Gasteiger partial charge in [0.1, 0.15) is 5.41 Å². The Labute approximate surface area is 110 Å². The highest BCUT2D eigenvalue weighted by Gasteiger charge is 2.41. The van der Waals surface area contributed by atoms with Gasteiger partial charge in [0.05, 0.1) is 12.2 Å². The zero-order chi connectivity index (χ0) is 13.4. The Balaban J connectivity index is 2.15. The van der Waals surface area contributed by atoms with Crippen molar-refractivity contribution < 1.29 is 9.53 Å². The van der Waals surface area contributed by atoms with Gasteiger partial charge in [0.25, 0.3) is 0 Å². The van der Waals surface area contributed by atoms with E-state index in [9.17, 15) is 4.79 Å². The maximum atomic E-state index is 12.0. The summed E-state index contributed by atoms with van der Waals surface area (Å²) >= 11 is 0. The van der Waals surface area contributed by atoms with Gasteiger partial charge in [-0.3, -0.25) is 4.79 Å². The van der Waals surface area contributed by atoms with Crippen molar-refractivity contribution in [1.82, 2.24) is 5.32 Å². The van der Waals surface area contributed by atoms with Crippen LogP contribution >= 0.6 is 0 Å². The molecule has 0 aromatic heterocycles. The molecule has 1 aliphatic rings. The molecule has 0 bridgehead atoms. The summed E-state index contributed by atoms with van der Waals surface area (Å²) in [6, 6.07) is 2.21. The van der Waals surface area contributed by atoms with Crippen molar-refractivity contribution in [2.75, 3.05) is 13.2 Å². The number of ether oxygens (including phenoxy) is 1. The molecule has 0 aromatic rings. The fourth-order valence-corrected chi connectivity index (χ4v) is 2.29. The van der Waals surface area contributed by atoms with Gasteiger partial charge >= 0.3 is 0 Å². The van der Waals surface area contributed by atoms with Crippen LogP contribution in [0.25, 0.3) is 0 Å². The smallest absolute Gasteiger partial charge is 0.240 e. The average Bonchev–Trinajstić information content (AvgIpc) is 2.83. The van der Waals surface area contributed by atoms with Crippen LogP contribution in [-0.4, -0.2) is 25.2 Å². The molecule has 0 saturated heterocycles. The summed E-state index contributed by atoms with van der Waals surface area (Å²) in [6.45, 7) is 5.40. The first kappa shape index (κ1) is 15.0. The number of unbranched alkanes of at least 4 members (excludes halogenated alkanes) is 1. The van der Waals surface area contributed by atoms with E-state index < -0.39 is 5.41 Å². The Bertz CT molecular complexity index is 301.